The number of aromatic nitrogens is 1. The van der Waals surface area contributed by atoms with Crippen molar-refractivity contribution in [2.24, 2.45) is 0 Å². The average Bonchev–Trinajstić information content (AvgIpc) is 2.38. The van der Waals surface area contributed by atoms with E-state index < -0.39 is 5.92 Å². The van der Waals surface area contributed by atoms with Crippen LogP contribution in [0.25, 0.3) is 0 Å². The van der Waals surface area contributed by atoms with Crippen molar-refractivity contribution < 1.29 is 13.6 Å². The molecule has 0 atom stereocenters. The van der Waals surface area contributed by atoms with Crippen LogP contribution in [0.5, 0.6) is 0 Å². The van der Waals surface area contributed by atoms with Crippen molar-refractivity contribution in [2.45, 2.75) is 57.4 Å². The summed E-state index contributed by atoms with van der Waals surface area (Å²) in [6.07, 6.45) is 1.71. The third-order valence-electron chi connectivity index (χ3n) is 3.69. The summed E-state index contributed by atoms with van der Waals surface area (Å²) in [6, 6.07) is 3.56. The van der Waals surface area contributed by atoms with E-state index in [2.05, 4.69) is 10.3 Å². The fourth-order valence-electron chi connectivity index (χ4n) is 2.48. The standard InChI is InChI=1S/C15H19ClF2N2O/c1-10(21)2-3-11-8-13(16)20-14(9-11)19-12-4-6-15(17,18)7-5-12/h8-9,12H,2-7H2,1H3,(H,19,20). The molecule has 2 rings (SSSR count). The van der Waals surface area contributed by atoms with E-state index in [4.69, 9.17) is 11.6 Å². The highest BCUT2D eigenvalue weighted by atomic mass is 35.5. The Morgan fingerprint density at radius 3 is 2.71 bits per heavy atom. The minimum absolute atomic E-state index is 0.00347. The predicted molar refractivity (Wildman–Crippen MR) is 79.1 cm³/mol. The van der Waals surface area contributed by atoms with Crippen LogP contribution < -0.4 is 5.32 Å². The molecule has 3 nitrogen and oxygen atoms in total. The lowest BCUT2D eigenvalue weighted by molar-refractivity contribution is -0.116. The van der Waals surface area contributed by atoms with Crippen LogP contribution in [0.15, 0.2) is 12.1 Å². The number of hydrogen-bond donors (Lipinski definition) is 1. The van der Waals surface area contributed by atoms with Gasteiger partial charge in [-0.15, -0.1) is 0 Å². The molecular weight excluding hydrogens is 298 g/mol. The molecule has 0 saturated heterocycles. The van der Waals surface area contributed by atoms with Crippen molar-refractivity contribution in [2.75, 3.05) is 5.32 Å². The first-order valence-corrected chi connectivity index (χ1v) is 7.52. The lowest BCUT2D eigenvalue weighted by Crippen LogP contribution is -2.32. The van der Waals surface area contributed by atoms with Gasteiger partial charge in [0.1, 0.15) is 16.8 Å². The van der Waals surface area contributed by atoms with E-state index in [9.17, 15) is 13.6 Å². The van der Waals surface area contributed by atoms with Gasteiger partial charge in [0.25, 0.3) is 0 Å². The average molecular weight is 317 g/mol. The number of ketones is 1. The Morgan fingerprint density at radius 1 is 1.43 bits per heavy atom. The summed E-state index contributed by atoms with van der Waals surface area (Å²) in [7, 11) is 0. The van der Waals surface area contributed by atoms with Crippen LogP contribution in [0.1, 0.15) is 44.6 Å². The van der Waals surface area contributed by atoms with Crippen LogP contribution in [-0.4, -0.2) is 22.7 Å². The van der Waals surface area contributed by atoms with Crippen LogP contribution in [0.3, 0.4) is 0 Å². The van der Waals surface area contributed by atoms with Gasteiger partial charge in [-0.3, -0.25) is 0 Å². The second-order valence-corrected chi connectivity index (χ2v) is 6.05. The number of rotatable bonds is 5. The number of carbonyl (C=O) groups is 1. The highest BCUT2D eigenvalue weighted by molar-refractivity contribution is 6.29. The van der Waals surface area contributed by atoms with E-state index in [0.29, 0.717) is 36.7 Å². The molecule has 1 heterocycles. The number of carbonyl (C=O) groups excluding carboxylic acids is 1. The Hall–Kier alpha value is -1.23. The SMILES string of the molecule is CC(=O)CCc1cc(Cl)nc(NC2CCC(F)(F)CC2)c1. The first kappa shape index (κ1) is 16.1. The number of aryl methyl sites for hydroxylation is 1. The third-order valence-corrected chi connectivity index (χ3v) is 3.88. The molecule has 0 radical (unpaired) electrons. The number of anilines is 1. The molecule has 1 fully saturated rings. The summed E-state index contributed by atoms with van der Waals surface area (Å²) >= 11 is 5.97. The Kier molecular flexibility index (Phi) is 5.14. The molecule has 1 aromatic heterocycles. The second-order valence-electron chi connectivity index (χ2n) is 5.66. The smallest absolute Gasteiger partial charge is 0.248 e. The van der Waals surface area contributed by atoms with Gasteiger partial charge in [-0.2, -0.15) is 0 Å². The summed E-state index contributed by atoms with van der Waals surface area (Å²) in [4.78, 5) is 15.2. The lowest BCUT2D eigenvalue weighted by Gasteiger charge is -2.29. The first-order chi connectivity index (χ1) is 9.84. The number of pyridine rings is 1. The van der Waals surface area contributed by atoms with Gasteiger partial charge in [0.05, 0.1) is 0 Å². The Bertz CT molecular complexity index is 512. The zero-order valence-electron chi connectivity index (χ0n) is 12.0. The molecule has 0 aromatic carbocycles. The fourth-order valence-corrected chi connectivity index (χ4v) is 2.71. The molecule has 1 N–H and O–H groups in total. The van der Waals surface area contributed by atoms with E-state index in [0.717, 1.165) is 5.56 Å². The van der Waals surface area contributed by atoms with Crippen LogP contribution in [0, 0.1) is 0 Å². The van der Waals surface area contributed by atoms with Gasteiger partial charge >= 0.3 is 0 Å². The molecule has 116 valence electrons. The second kappa shape index (κ2) is 6.69. The minimum Gasteiger partial charge on any atom is -0.367 e. The van der Waals surface area contributed by atoms with Gasteiger partial charge in [-0.1, -0.05) is 11.6 Å². The molecular formula is C15H19ClF2N2O. The monoisotopic (exact) mass is 316 g/mol. The van der Waals surface area contributed by atoms with Crippen molar-refractivity contribution >= 4 is 23.2 Å². The van der Waals surface area contributed by atoms with Crippen LogP contribution in [-0.2, 0) is 11.2 Å². The summed E-state index contributed by atoms with van der Waals surface area (Å²) < 4.78 is 26.2. The van der Waals surface area contributed by atoms with Gasteiger partial charge in [0.2, 0.25) is 5.92 Å². The van der Waals surface area contributed by atoms with E-state index in [-0.39, 0.29) is 24.7 Å². The van der Waals surface area contributed by atoms with Gasteiger partial charge in [0.15, 0.2) is 0 Å². The lowest BCUT2D eigenvalue weighted by atomic mass is 9.92. The minimum atomic E-state index is -2.54. The van der Waals surface area contributed by atoms with Gasteiger partial charge in [0, 0.05) is 25.3 Å². The normalized spacial score (nSPS) is 18.5. The summed E-state index contributed by atoms with van der Waals surface area (Å²) in [5, 5.41) is 3.52. The molecule has 1 aliphatic rings. The molecule has 21 heavy (non-hydrogen) atoms. The van der Waals surface area contributed by atoms with Gasteiger partial charge in [-0.05, 0) is 43.9 Å². The van der Waals surface area contributed by atoms with Gasteiger partial charge < -0.3 is 10.1 Å². The van der Waals surface area contributed by atoms with E-state index >= 15 is 0 Å². The quantitative estimate of drug-likeness (QED) is 0.826. The molecule has 1 aromatic rings. The number of hydrogen-bond acceptors (Lipinski definition) is 3. The van der Waals surface area contributed by atoms with Crippen LogP contribution in [0.2, 0.25) is 5.15 Å². The topological polar surface area (TPSA) is 42.0 Å². The van der Waals surface area contributed by atoms with Crippen molar-refractivity contribution in [3.8, 4) is 0 Å². The molecule has 0 unspecified atom stereocenters. The molecule has 0 aliphatic heterocycles. The van der Waals surface area contributed by atoms with Crippen molar-refractivity contribution in [3.05, 3.63) is 22.8 Å². The summed E-state index contributed by atoms with van der Waals surface area (Å²) in [5.41, 5.74) is 0.925. The third kappa shape index (κ3) is 5.23. The molecule has 0 bridgehead atoms. The number of halogens is 3. The zero-order chi connectivity index (χ0) is 15.5. The van der Waals surface area contributed by atoms with E-state index in [1.165, 1.54) is 0 Å². The highest BCUT2D eigenvalue weighted by Crippen LogP contribution is 2.34. The highest BCUT2D eigenvalue weighted by Gasteiger charge is 2.34. The van der Waals surface area contributed by atoms with Crippen molar-refractivity contribution in [1.29, 1.82) is 0 Å². The summed E-state index contributed by atoms with van der Waals surface area (Å²) in [6.45, 7) is 1.55. The number of nitrogens with zero attached hydrogens (tertiary/aromatic N) is 1. The largest absolute Gasteiger partial charge is 0.367 e. The number of nitrogens with one attached hydrogen (secondary N) is 1. The predicted octanol–water partition coefficient (Wildman–Crippen LogP) is 4.25. The van der Waals surface area contributed by atoms with Crippen molar-refractivity contribution in [3.63, 3.8) is 0 Å². The van der Waals surface area contributed by atoms with Crippen LogP contribution >= 0.6 is 11.6 Å². The molecule has 1 saturated carbocycles. The van der Waals surface area contributed by atoms with Crippen LogP contribution in [0.4, 0.5) is 14.6 Å². The first-order valence-electron chi connectivity index (χ1n) is 7.14. The Balaban J connectivity index is 1.98. The number of Topliss-reactive ketones (excluding diaryl/α,β-unsaturated/α-hetero) is 1. The van der Waals surface area contributed by atoms with E-state index in [1.807, 2.05) is 6.07 Å². The Morgan fingerprint density at radius 2 is 2.10 bits per heavy atom. The summed E-state index contributed by atoms with van der Waals surface area (Å²) in [5.74, 6) is -1.82. The maximum Gasteiger partial charge on any atom is 0.248 e. The molecule has 0 amide bonds. The molecule has 0 spiro atoms. The molecule has 1 aliphatic carbocycles. The van der Waals surface area contributed by atoms with Gasteiger partial charge in [-0.25, -0.2) is 13.8 Å². The van der Waals surface area contributed by atoms with E-state index in [1.54, 1.807) is 13.0 Å². The number of alkyl halides is 2. The zero-order valence-corrected chi connectivity index (χ0v) is 12.7. The maximum atomic E-state index is 13.1. The van der Waals surface area contributed by atoms with Crippen molar-refractivity contribution in [1.82, 2.24) is 4.98 Å². The fraction of sp³-hybridized carbons (Fsp3) is 0.600. The maximum absolute atomic E-state index is 13.1. The molecule has 6 heteroatoms. The Labute approximate surface area is 128 Å².